The molecule has 0 radical (unpaired) electrons. The molecule has 1 aromatic carbocycles. The normalized spacial score (nSPS) is 11.4. The molecule has 0 spiro atoms. The van der Waals surface area contributed by atoms with Gasteiger partial charge in [0.25, 0.3) is 0 Å². The lowest BCUT2D eigenvalue weighted by atomic mass is 10.2. The van der Waals surface area contributed by atoms with Gasteiger partial charge in [-0.2, -0.15) is 13.2 Å². The maximum absolute atomic E-state index is 12.3. The molecule has 19 heavy (non-hydrogen) atoms. The average molecular weight is 268 g/mol. The maximum atomic E-state index is 12.3. The van der Waals surface area contributed by atoms with Crippen molar-refractivity contribution >= 4 is 0 Å². The van der Waals surface area contributed by atoms with Gasteiger partial charge in [0.2, 0.25) is 5.82 Å². The highest BCUT2D eigenvalue weighted by Gasteiger charge is 2.34. The zero-order valence-electron chi connectivity index (χ0n) is 10.1. The van der Waals surface area contributed by atoms with Crippen molar-refractivity contribution in [1.29, 1.82) is 0 Å². The second kappa shape index (κ2) is 5.26. The fraction of sp³-hybridized carbons (Fsp3) is 0.231. The summed E-state index contributed by atoms with van der Waals surface area (Å²) in [4.78, 5) is 6.44. The van der Waals surface area contributed by atoms with E-state index < -0.39 is 12.0 Å². The fourth-order valence-electron chi connectivity index (χ4n) is 1.44. The van der Waals surface area contributed by atoms with Crippen molar-refractivity contribution in [2.24, 2.45) is 0 Å². The summed E-state index contributed by atoms with van der Waals surface area (Å²) in [6.45, 7) is 2.03. The van der Waals surface area contributed by atoms with Crippen molar-refractivity contribution in [2.75, 3.05) is 0 Å². The van der Waals surface area contributed by atoms with Gasteiger partial charge in [0, 0.05) is 0 Å². The molecule has 0 amide bonds. The summed E-state index contributed by atoms with van der Waals surface area (Å²) in [6, 6.07) is 7.27. The average Bonchev–Trinajstić information content (AvgIpc) is 2.39. The molecule has 1 heterocycles. The molecular weight excluding hydrogens is 257 g/mol. The van der Waals surface area contributed by atoms with E-state index in [-0.39, 0.29) is 5.75 Å². The highest BCUT2D eigenvalue weighted by atomic mass is 19.4. The molecule has 0 atom stereocenters. The number of alkyl halides is 3. The van der Waals surface area contributed by atoms with Gasteiger partial charge in [-0.15, -0.1) is 0 Å². The highest BCUT2D eigenvalue weighted by Crippen LogP contribution is 2.27. The third-order valence-corrected chi connectivity index (χ3v) is 2.45. The van der Waals surface area contributed by atoms with Gasteiger partial charge in [0.1, 0.15) is 5.75 Å². The van der Waals surface area contributed by atoms with Gasteiger partial charge in [-0.25, -0.2) is 9.97 Å². The van der Waals surface area contributed by atoms with E-state index in [0.717, 1.165) is 24.4 Å². The molecule has 0 fully saturated rings. The summed E-state index contributed by atoms with van der Waals surface area (Å²) in [7, 11) is 0. The molecule has 2 aromatic rings. The van der Waals surface area contributed by atoms with E-state index >= 15 is 0 Å². The number of ether oxygens (including phenoxy) is 1. The minimum atomic E-state index is -4.54. The molecule has 6 heteroatoms. The lowest BCUT2D eigenvalue weighted by Crippen LogP contribution is -2.10. The summed E-state index contributed by atoms with van der Waals surface area (Å²) in [5.41, 5.74) is 1.15. The summed E-state index contributed by atoms with van der Waals surface area (Å²) < 4.78 is 42.1. The summed E-state index contributed by atoms with van der Waals surface area (Å²) in [5, 5.41) is 0. The Balaban J connectivity index is 2.10. The first-order valence-electron chi connectivity index (χ1n) is 5.65. The van der Waals surface area contributed by atoms with Gasteiger partial charge in [-0.3, -0.25) is 0 Å². The largest absolute Gasteiger partial charge is 0.454 e. The molecule has 0 aliphatic heterocycles. The highest BCUT2D eigenvalue weighted by molar-refractivity contribution is 5.31. The van der Waals surface area contributed by atoms with Crippen molar-refractivity contribution in [2.45, 2.75) is 19.5 Å². The van der Waals surface area contributed by atoms with Crippen molar-refractivity contribution in [3.05, 3.63) is 48.0 Å². The monoisotopic (exact) mass is 268 g/mol. The number of hydrogen-bond donors (Lipinski definition) is 0. The second-order valence-corrected chi connectivity index (χ2v) is 3.84. The van der Waals surface area contributed by atoms with Crippen LogP contribution in [0.1, 0.15) is 18.3 Å². The van der Waals surface area contributed by atoms with E-state index in [1.165, 1.54) is 0 Å². The Morgan fingerprint density at radius 3 is 2.05 bits per heavy atom. The maximum Gasteiger partial charge on any atom is 0.451 e. The Morgan fingerprint density at radius 1 is 1.00 bits per heavy atom. The van der Waals surface area contributed by atoms with Crippen LogP contribution < -0.4 is 4.74 Å². The van der Waals surface area contributed by atoms with Crippen LogP contribution in [0.5, 0.6) is 11.5 Å². The molecule has 0 aliphatic carbocycles. The first-order chi connectivity index (χ1) is 8.99. The Labute approximate surface area is 108 Å². The van der Waals surface area contributed by atoms with E-state index in [0.29, 0.717) is 5.75 Å². The molecule has 0 aliphatic rings. The SMILES string of the molecule is CCc1ccc(Oc2cnc(C(F)(F)F)nc2)cc1. The first kappa shape index (κ1) is 13.3. The minimum absolute atomic E-state index is 0.164. The first-order valence-corrected chi connectivity index (χ1v) is 5.65. The van der Waals surface area contributed by atoms with Crippen molar-refractivity contribution in [1.82, 2.24) is 9.97 Å². The smallest absolute Gasteiger partial charge is 0.451 e. The Kier molecular flexibility index (Phi) is 3.69. The lowest BCUT2D eigenvalue weighted by Gasteiger charge is -2.07. The zero-order chi connectivity index (χ0) is 13.9. The number of nitrogens with zero attached hydrogens (tertiary/aromatic N) is 2. The van der Waals surface area contributed by atoms with Crippen LogP contribution in [0.2, 0.25) is 0 Å². The predicted molar refractivity (Wildman–Crippen MR) is 62.9 cm³/mol. The van der Waals surface area contributed by atoms with Crippen LogP contribution in [0.4, 0.5) is 13.2 Å². The second-order valence-electron chi connectivity index (χ2n) is 3.84. The third-order valence-electron chi connectivity index (χ3n) is 2.45. The van der Waals surface area contributed by atoms with Crippen LogP contribution in [0.15, 0.2) is 36.7 Å². The van der Waals surface area contributed by atoms with Crippen molar-refractivity contribution < 1.29 is 17.9 Å². The molecule has 2 rings (SSSR count). The van der Waals surface area contributed by atoms with E-state index in [1.54, 1.807) is 12.1 Å². The van der Waals surface area contributed by atoms with Gasteiger partial charge in [0.15, 0.2) is 5.75 Å². The van der Waals surface area contributed by atoms with Crippen LogP contribution in [0, 0.1) is 0 Å². The van der Waals surface area contributed by atoms with E-state index in [1.807, 2.05) is 19.1 Å². The van der Waals surface area contributed by atoms with Crippen LogP contribution in [-0.4, -0.2) is 9.97 Å². The molecule has 3 nitrogen and oxygen atoms in total. The van der Waals surface area contributed by atoms with Gasteiger partial charge in [0.05, 0.1) is 12.4 Å². The summed E-state index contributed by atoms with van der Waals surface area (Å²) >= 11 is 0. The number of rotatable bonds is 3. The number of aromatic nitrogens is 2. The number of halogens is 3. The van der Waals surface area contributed by atoms with Gasteiger partial charge in [-0.1, -0.05) is 19.1 Å². The van der Waals surface area contributed by atoms with Crippen molar-refractivity contribution in [3.8, 4) is 11.5 Å². The standard InChI is InChI=1S/C13H11F3N2O/c1-2-9-3-5-10(6-4-9)19-11-7-17-12(18-8-11)13(14,15)16/h3-8H,2H2,1H3. The number of benzene rings is 1. The number of aryl methyl sites for hydroxylation is 1. The van der Waals surface area contributed by atoms with E-state index in [9.17, 15) is 13.2 Å². The van der Waals surface area contributed by atoms with Crippen LogP contribution in [0.25, 0.3) is 0 Å². The molecular formula is C13H11F3N2O. The summed E-state index contributed by atoms with van der Waals surface area (Å²) in [6.07, 6.45) is -1.63. The Morgan fingerprint density at radius 2 is 1.58 bits per heavy atom. The Hall–Kier alpha value is -2.11. The number of hydrogen-bond acceptors (Lipinski definition) is 3. The fourth-order valence-corrected chi connectivity index (χ4v) is 1.44. The lowest BCUT2D eigenvalue weighted by molar-refractivity contribution is -0.145. The van der Waals surface area contributed by atoms with Crippen LogP contribution in [0.3, 0.4) is 0 Å². The molecule has 0 unspecified atom stereocenters. The molecule has 0 saturated carbocycles. The van der Waals surface area contributed by atoms with Crippen LogP contribution >= 0.6 is 0 Å². The van der Waals surface area contributed by atoms with Gasteiger partial charge in [-0.05, 0) is 24.1 Å². The molecule has 1 aromatic heterocycles. The van der Waals surface area contributed by atoms with Gasteiger partial charge >= 0.3 is 6.18 Å². The minimum Gasteiger partial charge on any atom is -0.454 e. The predicted octanol–water partition coefficient (Wildman–Crippen LogP) is 3.85. The van der Waals surface area contributed by atoms with Crippen molar-refractivity contribution in [3.63, 3.8) is 0 Å². The van der Waals surface area contributed by atoms with E-state index in [4.69, 9.17) is 4.74 Å². The molecule has 0 saturated heterocycles. The molecule has 100 valence electrons. The quantitative estimate of drug-likeness (QED) is 0.848. The van der Waals surface area contributed by atoms with Crippen LogP contribution in [-0.2, 0) is 12.6 Å². The Bertz CT molecular complexity index is 535. The molecule has 0 bridgehead atoms. The van der Waals surface area contributed by atoms with E-state index in [2.05, 4.69) is 9.97 Å². The van der Waals surface area contributed by atoms with Gasteiger partial charge < -0.3 is 4.74 Å². The summed E-state index contributed by atoms with van der Waals surface area (Å²) in [5.74, 6) is -0.487. The third kappa shape index (κ3) is 3.43. The topological polar surface area (TPSA) is 35.0 Å². The molecule has 0 N–H and O–H groups in total. The zero-order valence-corrected chi connectivity index (χ0v) is 10.1.